The molecule has 2 nitrogen and oxygen atoms in total. The molecule has 1 radical (unpaired) electrons. The Labute approximate surface area is 85.5 Å². The van der Waals surface area contributed by atoms with Crippen LogP contribution in [0.5, 0.6) is 0 Å². The van der Waals surface area contributed by atoms with Crippen molar-refractivity contribution in [3.05, 3.63) is 35.4 Å². The van der Waals surface area contributed by atoms with Crippen LogP contribution in [0.3, 0.4) is 0 Å². The van der Waals surface area contributed by atoms with E-state index in [9.17, 15) is 5.11 Å². The number of benzene rings is 1. The summed E-state index contributed by atoms with van der Waals surface area (Å²) >= 11 is 0. The first kappa shape index (κ1) is 11.2. The quantitative estimate of drug-likeness (QED) is 0.638. The first-order chi connectivity index (χ1) is 6.86. The van der Waals surface area contributed by atoms with Crippen LogP contribution in [-0.2, 0) is 23.1 Å². The average molecular weight is 193 g/mol. The van der Waals surface area contributed by atoms with Crippen LogP contribution >= 0.6 is 0 Å². The van der Waals surface area contributed by atoms with Crippen molar-refractivity contribution in [3.8, 4) is 0 Å². The third-order valence-electron chi connectivity index (χ3n) is 2.10. The molecule has 0 heterocycles. The van der Waals surface area contributed by atoms with Crippen LogP contribution in [0.2, 0.25) is 0 Å². The molecule has 0 N–H and O–H groups in total. The van der Waals surface area contributed by atoms with Gasteiger partial charge in [0.05, 0.1) is 6.61 Å². The molecule has 1 aromatic rings. The van der Waals surface area contributed by atoms with Gasteiger partial charge in [0.15, 0.2) is 0 Å². The minimum absolute atomic E-state index is 0.142. The van der Waals surface area contributed by atoms with Gasteiger partial charge in [0.25, 0.3) is 0 Å². The van der Waals surface area contributed by atoms with E-state index in [0.717, 1.165) is 30.6 Å². The molecule has 0 aromatic heterocycles. The van der Waals surface area contributed by atoms with Crippen LogP contribution in [0.15, 0.2) is 24.3 Å². The second-order valence-corrected chi connectivity index (χ2v) is 3.37. The van der Waals surface area contributed by atoms with E-state index in [0.29, 0.717) is 6.61 Å². The lowest BCUT2D eigenvalue weighted by molar-refractivity contribution is 0.118. The van der Waals surface area contributed by atoms with E-state index in [1.165, 1.54) is 0 Å². The number of hydrogen-bond acceptors (Lipinski definition) is 1. The molecule has 77 valence electrons. The standard InChI is InChI=1S/C12H17O2/c1-2-3-8-14-10-12-6-4-11(9-13)5-7-12/h4-7H,2-3,8-10H2,1H3. The molecule has 0 bridgehead atoms. The van der Waals surface area contributed by atoms with Gasteiger partial charge in [-0.05, 0) is 17.5 Å². The number of rotatable bonds is 6. The summed E-state index contributed by atoms with van der Waals surface area (Å²) in [5.74, 6) is 0. The van der Waals surface area contributed by atoms with Gasteiger partial charge in [0, 0.05) is 6.61 Å². The molecule has 0 amide bonds. The molecule has 0 aliphatic rings. The van der Waals surface area contributed by atoms with Gasteiger partial charge in [0.1, 0.15) is 6.61 Å². The molecule has 1 rings (SSSR count). The minimum atomic E-state index is -0.142. The Kier molecular flexibility index (Phi) is 5.27. The summed E-state index contributed by atoms with van der Waals surface area (Å²) in [5.41, 5.74) is 1.97. The van der Waals surface area contributed by atoms with E-state index in [1.807, 2.05) is 24.3 Å². The molecule has 0 atom stereocenters. The molecule has 0 fully saturated rings. The second-order valence-electron chi connectivity index (χ2n) is 3.37. The highest BCUT2D eigenvalue weighted by Gasteiger charge is 1.94. The third-order valence-corrected chi connectivity index (χ3v) is 2.10. The van der Waals surface area contributed by atoms with E-state index in [1.54, 1.807) is 0 Å². The predicted molar refractivity (Wildman–Crippen MR) is 55.4 cm³/mol. The summed E-state index contributed by atoms with van der Waals surface area (Å²) in [6, 6.07) is 7.65. The zero-order valence-corrected chi connectivity index (χ0v) is 8.66. The van der Waals surface area contributed by atoms with Crippen LogP contribution in [0, 0.1) is 0 Å². The Morgan fingerprint density at radius 3 is 2.36 bits per heavy atom. The van der Waals surface area contributed by atoms with E-state index < -0.39 is 0 Å². The summed E-state index contributed by atoms with van der Waals surface area (Å²) in [6.45, 7) is 3.47. The zero-order chi connectivity index (χ0) is 10.2. The lowest BCUT2D eigenvalue weighted by Gasteiger charge is -2.03. The minimum Gasteiger partial charge on any atom is -0.377 e. The summed E-state index contributed by atoms with van der Waals surface area (Å²) in [4.78, 5) is 0. The molecule has 0 saturated carbocycles. The van der Waals surface area contributed by atoms with Crippen molar-refractivity contribution in [3.63, 3.8) is 0 Å². The molecule has 0 aliphatic heterocycles. The predicted octanol–water partition coefficient (Wildman–Crippen LogP) is 2.93. The highest BCUT2D eigenvalue weighted by molar-refractivity contribution is 5.21. The third kappa shape index (κ3) is 3.90. The van der Waals surface area contributed by atoms with Gasteiger partial charge in [-0.15, -0.1) is 0 Å². The Morgan fingerprint density at radius 2 is 1.79 bits per heavy atom. The summed E-state index contributed by atoms with van der Waals surface area (Å²) in [6.07, 6.45) is 2.27. The molecular weight excluding hydrogens is 176 g/mol. The van der Waals surface area contributed by atoms with Gasteiger partial charge in [-0.2, -0.15) is 0 Å². The van der Waals surface area contributed by atoms with Gasteiger partial charge in [-0.25, -0.2) is 5.11 Å². The molecule has 0 unspecified atom stereocenters. The fourth-order valence-corrected chi connectivity index (χ4v) is 1.17. The van der Waals surface area contributed by atoms with Gasteiger partial charge < -0.3 is 4.74 Å². The zero-order valence-electron chi connectivity index (χ0n) is 8.66. The fourth-order valence-electron chi connectivity index (χ4n) is 1.17. The highest BCUT2D eigenvalue weighted by atomic mass is 16.5. The molecule has 1 aromatic carbocycles. The Bertz CT molecular complexity index is 241. The Balaban J connectivity index is 2.29. The van der Waals surface area contributed by atoms with Crippen molar-refractivity contribution in [2.45, 2.75) is 33.0 Å². The maximum absolute atomic E-state index is 10.5. The molecule has 14 heavy (non-hydrogen) atoms. The molecule has 2 heteroatoms. The SMILES string of the molecule is CCCCOCc1ccc(C[O])cc1. The molecule has 0 saturated heterocycles. The van der Waals surface area contributed by atoms with Crippen LogP contribution in [0.25, 0.3) is 0 Å². The van der Waals surface area contributed by atoms with Crippen molar-refractivity contribution in [1.82, 2.24) is 0 Å². The van der Waals surface area contributed by atoms with Gasteiger partial charge in [0.2, 0.25) is 0 Å². The number of ether oxygens (including phenoxy) is 1. The molecule has 0 spiro atoms. The van der Waals surface area contributed by atoms with Gasteiger partial charge in [-0.1, -0.05) is 37.6 Å². The fraction of sp³-hybridized carbons (Fsp3) is 0.500. The summed E-state index contributed by atoms with van der Waals surface area (Å²) < 4.78 is 5.46. The van der Waals surface area contributed by atoms with E-state index in [2.05, 4.69) is 6.92 Å². The van der Waals surface area contributed by atoms with E-state index >= 15 is 0 Å². The van der Waals surface area contributed by atoms with Crippen molar-refractivity contribution < 1.29 is 9.84 Å². The lowest BCUT2D eigenvalue weighted by Crippen LogP contribution is -1.95. The first-order valence-corrected chi connectivity index (χ1v) is 5.10. The summed E-state index contributed by atoms with van der Waals surface area (Å²) in [5, 5.41) is 10.5. The van der Waals surface area contributed by atoms with Crippen molar-refractivity contribution in [2.75, 3.05) is 6.61 Å². The van der Waals surface area contributed by atoms with E-state index in [4.69, 9.17) is 4.74 Å². The maximum Gasteiger partial charge on any atom is 0.107 e. The second kappa shape index (κ2) is 6.57. The largest absolute Gasteiger partial charge is 0.377 e. The van der Waals surface area contributed by atoms with Crippen LogP contribution in [-0.4, -0.2) is 6.61 Å². The highest BCUT2D eigenvalue weighted by Crippen LogP contribution is 2.06. The first-order valence-electron chi connectivity index (χ1n) is 5.10. The van der Waals surface area contributed by atoms with Crippen molar-refractivity contribution in [1.29, 1.82) is 0 Å². The van der Waals surface area contributed by atoms with E-state index in [-0.39, 0.29) is 6.61 Å². The molecule has 0 aliphatic carbocycles. The van der Waals surface area contributed by atoms with Gasteiger partial charge in [-0.3, -0.25) is 0 Å². The maximum atomic E-state index is 10.5. The monoisotopic (exact) mass is 193 g/mol. The van der Waals surface area contributed by atoms with Crippen molar-refractivity contribution >= 4 is 0 Å². The van der Waals surface area contributed by atoms with Crippen LogP contribution in [0.4, 0.5) is 0 Å². The van der Waals surface area contributed by atoms with Gasteiger partial charge >= 0.3 is 0 Å². The Hall–Kier alpha value is -0.860. The molecular formula is C12H17O2. The number of hydrogen-bond donors (Lipinski definition) is 0. The average Bonchev–Trinajstić information content (AvgIpc) is 2.25. The van der Waals surface area contributed by atoms with Crippen LogP contribution < -0.4 is 0 Å². The van der Waals surface area contributed by atoms with Crippen molar-refractivity contribution in [2.24, 2.45) is 0 Å². The number of unbranched alkanes of at least 4 members (excludes halogenated alkanes) is 1. The smallest absolute Gasteiger partial charge is 0.107 e. The normalized spacial score (nSPS) is 10.4. The Morgan fingerprint density at radius 1 is 1.14 bits per heavy atom. The van der Waals surface area contributed by atoms with Crippen LogP contribution in [0.1, 0.15) is 30.9 Å². The summed E-state index contributed by atoms with van der Waals surface area (Å²) in [7, 11) is 0. The topological polar surface area (TPSA) is 29.1 Å². The lowest BCUT2D eigenvalue weighted by atomic mass is 10.1.